The maximum absolute atomic E-state index is 12.0. The average molecular weight is 312 g/mol. The van der Waals surface area contributed by atoms with Crippen LogP contribution in [-0.2, 0) is 9.59 Å². The maximum Gasteiger partial charge on any atom is 0.326 e. The molecule has 2 N–H and O–H groups in total. The maximum atomic E-state index is 12.0. The van der Waals surface area contributed by atoms with Crippen molar-refractivity contribution in [1.82, 2.24) is 5.32 Å². The topological polar surface area (TPSA) is 75.6 Å². The number of amides is 1. The van der Waals surface area contributed by atoms with Gasteiger partial charge < -0.3 is 15.2 Å². The standard InChI is InChI=1S/C15H18ClNO4/c1-4-5-12(15(19)20)17-14(18)10(3)21-13-7-6-11(16)8-9(13)2/h4,6-8,10,12H,1,5H2,2-3H3,(H,17,18)(H,19,20). The predicted molar refractivity (Wildman–Crippen MR) is 80.7 cm³/mol. The van der Waals surface area contributed by atoms with Crippen molar-refractivity contribution in [3.05, 3.63) is 41.4 Å². The number of hydrogen-bond donors (Lipinski definition) is 2. The van der Waals surface area contributed by atoms with Crippen LogP contribution in [-0.4, -0.2) is 29.1 Å². The number of ether oxygens (including phenoxy) is 1. The lowest BCUT2D eigenvalue weighted by Gasteiger charge is -2.19. The van der Waals surface area contributed by atoms with Crippen LogP contribution in [0.15, 0.2) is 30.9 Å². The van der Waals surface area contributed by atoms with Crippen LogP contribution >= 0.6 is 11.6 Å². The minimum absolute atomic E-state index is 0.147. The second-order valence-corrected chi connectivity index (χ2v) is 5.03. The summed E-state index contributed by atoms with van der Waals surface area (Å²) in [7, 11) is 0. The van der Waals surface area contributed by atoms with Gasteiger partial charge in [0.25, 0.3) is 5.91 Å². The van der Waals surface area contributed by atoms with Crippen molar-refractivity contribution in [2.45, 2.75) is 32.4 Å². The third-order valence-electron chi connectivity index (χ3n) is 2.83. The highest BCUT2D eigenvalue weighted by Crippen LogP contribution is 2.22. The number of carbonyl (C=O) groups is 2. The zero-order valence-electron chi connectivity index (χ0n) is 11.9. The highest BCUT2D eigenvalue weighted by atomic mass is 35.5. The minimum atomic E-state index is -1.11. The lowest BCUT2D eigenvalue weighted by atomic mass is 10.2. The Morgan fingerprint density at radius 3 is 2.71 bits per heavy atom. The number of hydrogen-bond acceptors (Lipinski definition) is 3. The Balaban J connectivity index is 2.69. The van der Waals surface area contributed by atoms with E-state index < -0.39 is 24.0 Å². The van der Waals surface area contributed by atoms with Crippen LogP contribution in [0, 0.1) is 6.92 Å². The summed E-state index contributed by atoms with van der Waals surface area (Å²) in [5.74, 6) is -1.09. The van der Waals surface area contributed by atoms with Crippen LogP contribution in [0.5, 0.6) is 5.75 Å². The lowest BCUT2D eigenvalue weighted by Crippen LogP contribution is -2.46. The van der Waals surface area contributed by atoms with Crippen LogP contribution in [0.4, 0.5) is 0 Å². The molecule has 0 spiro atoms. The Morgan fingerprint density at radius 2 is 2.19 bits per heavy atom. The Labute approximate surface area is 128 Å². The number of carbonyl (C=O) groups excluding carboxylic acids is 1. The van der Waals surface area contributed by atoms with Gasteiger partial charge in [-0.05, 0) is 44.0 Å². The fourth-order valence-electron chi connectivity index (χ4n) is 1.67. The summed E-state index contributed by atoms with van der Waals surface area (Å²) in [5, 5.41) is 12.0. The molecule has 1 rings (SSSR count). The Morgan fingerprint density at radius 1 is 1.52 bits per heavy atom. The van der Waals surface area contributed by atoms with Gasteiger partial charge in [-0.15, -0.1) is 6.58 Å². The van der Waals surface area contributed by atoms with Crippen LogP contribution in [0.1, 0.15) is 18.9 Å². The second-order valence-electron chi connectivity index (χ2n) is 4.59. The van der Waals surface area contributed by atoms with E-state index in [0.29, 0.717) is 10.8 Å². The van der Waals surface area contributed by atoms with Crippen LogP contribution < -0.4 is 10.1 Å². The van der Waals surface area contributed by atoms with E-state index in [1.54, 1.807) is 25.1 Å². The number of nitrogens with one attached hydrogen (secondary N) is 1. The molecule has 2 atom stereocenters. The van der Waals surface area contributed by atoms with Gasteiger partial charge in [0.15, 0.2) is 6.10 Å². The largest absolute Gasteiger partial charge is 0.481 e. The quantitative estimate of drug-likeness (QED) is 0.759. The first-order valence-corrected chi connectivity index (χ1v) is 6.79. The molecule has 0 aliphatic heterocycles. The molecule has 2 unspecified atom stereocenters. The molecule has 0 aromatic heterocycles. The van der Waals surface area contributed by atoms with Crippen molar-refractivity contribution in [2.75, 3.05) is 0 Å². The summed E-state index contributed by atoms with van der Waals surface area (Å²) in [6.45, 7) is 6.83. The first kappa shape index (κ1) is 17.0. The van der Waals surface area contributed by atoms with Crippen molar-refractivity contribution >= 4 is 23.5 Å². The number of benzene rings is 1. The summed E-state index contributed by atoms with van der Waals surface area (Å²) in [4.78, 5) is 22.9. The highest BCUT2D eigenvalue weighted by molar-refractivity contribution is 6.30. The molecular weight excluding hydrogens is 294 g/mol. The molecule has 21 heavy (non-hydrogen) atoms. The third kappa shape index (κ3) is 5.11. The number of halogens is 1. The molecule has 6 heteroatoms. The van der Waals surface area contributed by atoms with Crippen molar-refractivity contribution in [2.24, 2.45) is 0 Å². The molecule has 1 aromatic rings. The van der Waals surface area contributed by atoms with Crippen LogP contribution in [0.3, 0.4) is 0 Å². The molecule has 0 saturated heterocycles. The summed E-state index contributed by atoms with van der Waals surface area (Å²) < 4.78 is 5.53. The normalized spacial score (nSPS) is 13.1. The van der Waals surface area contributed by atoms with Gasteiger partial charge in [0.1, 0.15) is 11.8 Å². The van der Waals surface area contributed by atoms with E-state index in [4.69, 9.17) is 21.4 Å². The number of aliphatic carboxylic acids is 1. The van der Waals surface area contributed by atoms with Crippen molar-refractivity contribution < 1.29 is 19.4 Å². The van der Waals surface area contributed by atoms with Gasteiger partial charge in [-0.3, -0.25) is 4.79 Å². The zero-order chi connectivity index (χ0) is 16.0. The molecule has 0 aliphatic carbocycles. The molecule has 0 saturated carbocycles. The van der Waals surface area contributed by atoms with Crippen molar-refractivity contribution in [3.8, 4) is 5.75 Å². The Kier molecular flexibility index (Phi) is 6.24. The molecule has 1 amide bonds. The highest BCUT2D eigenvalue weighted by Gasteiger charge is 2.23. The molecule has 0 bridgehead atoms. The first-order valence-electron chi connectivity index (χ1n) is 6.42. The van der Waals surface area contributed by atoms with E-state index in [-0.39, 0.29) is 6.42 Å². The second kappa shape index (κ2) is 7.69. The number of rotatable bonds is 7. The smallest absolute Gasteiger partial charge is 0.326 e. The zero-order valence-corrected chi connectivity index (χ0v) is 12.7. The fraction of sp³-hybridized carbons (Fsp3) is 0.333. The average Bonchev–Trinajstić information content (AvgIpc) is 2.41. The number of carboxylic acids is 1. The first-order chi connectivity index (χ1) is 9.85. The predicted octanol–water partition coefficient (Wildman–Crippen LogP) is 2.56. The van der Waals surface area contributed by atoms with E-state index in [2.05, 4.69) is 11.9 Å². The van der Waals surface area contributed by atoms with Crippen molar-refractivity contribution in [1.29, 1.82) is 0 Å². The molecule has 1 aromatic carbocycles. The summed E-state index contributed by atoms with van der Waals surface area (Å²) >= 11 is 5.84. The molecule has 0 radical (unpaired) electrons. The van der Waals surface area contributed by atoms with Gasteiger partial charge in [-0.25, -0.2) is 4.79 Å². The summed E-state index contributed by atoms with van der Waals surface area (Å²) in [6, 6.07) is 4.04. The van der Waals surface area contributed by atoms with Gasteiger partial charge >= 0.3 is 5.97 Å². The Hall–Kier alpha value is -2.01. The summed E-state index contributed by atoms with van der Waals surface area (Å²) in [5.41, 5.74) is 0.794. The van der Waals surface area contributed by atoms with E-state index in [1.165, 1.54) is 6.08 Å². The van der Waals surface area contributed by atoms with E-state index in [1.807, 2.05) is 6.92 Å². The van der Waals surface area contributed by atoms with Gasteiger partial charge in [0, 0.05) is 5.02 Å². The van der Waals surface area contributed by atoms with Crippen LogP contribution in [0.25, 0.3) is 0 Å². The molecular formula is C15H18ClNO4. The number of carboxylic acid groups (broad SMARTS) is 1. The summed E-state index contributed by atoms with van der Waals surface area (Å²) in [6.07, 6.45) is 0.762. The third-order valence-corrected chi connectivity index (χ3v) is 3.06. The molecule has 5 nitrogen and oxygen atoms in total. The van der Waals surface area contributed by atoms with Gasteiger partial charge in [-0.1, -0.05) is 17.7 Å². The molecule has 0 fully saturated rings. The van der Waals surface area contributed by atoms with Gasteiger partial charge in [0.05, 0.1) is 0 Å². The monoisotopic (exact) mass is 311 g/mol. The van der Waals surface area contributed by atoms with Gasteiger partial charge in [0.2, 0.25) is 0 Å². The van der Waals surface area contributed by atoms with E-state index in [0.717, 1.165) is 5.56 Å². The van der Waals surface area contributed by atoms with E-state index in [9.17, 15) is 9.59 Å². The molecule has 0 heterocycles. The Bertz CT molecular complexity index is 544. The fourth-order valence-corrected chi connectivity index (χ4v) is 1.89. The number of aryl methyl sites for hydroxylation is 1. The van der Waals surface area contributed by atoms with Gasteiger partial charge in [-0.2, -0.15) is 0 Å². The van der Waals surface area contributed by atoms with Crippen LogP contribution in [0.2, 0.25) is 5.02 Å². The molecule has 114 valence electrons. The van der Waals surface area contributed by atoms with Crippen molar-refractivity contribution in [3.63, 3.8) is 0 Å². The minimum Gasteiger partial charge on any atom is -0.481 e. The molecule has 0 aliphatic rings. The van der Waals surface area contributed by atoms with E-state index >= 15 is 0 Å². The lowest BCUT2D eigenvalue weighted by molar-refractivity contribution is -0.142. The SMILES string of the molecule is C=CCC(NC(=O)C(C)Oc1ccc(Cl)cc1C)C(=O)O.